The van der Waals surface area contributed by atoms with Gasteiger partial charge in [0.1, 0.15) is 10.5 Å². The zero-order valence-electron chi connectivity index (χ0n) is 7.31. The summed E-state index contributed by atoms with van der Waals surface area (Å²) in [6.45, 7) is 4.71. The van der Waals surface area contributed by atoms with Crippen LogP contribution in [0.5, 0.6) is 0 Å². The lowest BCUT2D eigenvalue weighted by molar-refractivity contribution is -0.365. The van der Waals surface area contributed by atoms with Crippen molar-refractivity contribution < 1.29 is 15.3 Å². The van der Waals surface area contributed by atoms with E-state index in [1.165, 1.54) is 0 Å². The van der Waals surface area contributed by atoms with Crippen molar-refractivity contribution >= 4 is 28.6 Å². The predicted octanol–water partition coefficient (Wildman–Crippen LogP) is -0.815. The van der Waals surface area contributed by atoms with Crippen molar-refractivity contribution in [1.29, 1.82) is 0 Å². The van der Waals surface area contributed by atoms with Crippen LogP contribution in [0, 0.1) is 0 Å². The molecule has 0 aromatic heterocycles. The van der Waals surface area contributed by atoms with Crippen LogP contribution in [0.15, 0.2) is 0 Å². The highest BCUT2D eigenvalue weighted by molar-refractivity contribution is 14.1. The normalized spacial score (nSPS) is 12.6. The van der Waals surface area contributed by atoms with Crippen LogP contribution in [0.2, 0.25) is 0 Å². The molecule has 0 aromatic carbocycles. The van der Waals surface area contributed by atoms with E-state index in [0.717, 1.165) is 13.1 Å². The Hall–Kier alpha value is 0.120. The topological polar surface area (TPSA) is 66.0 Å². The summed E-state index contributed by atoms with van der Waals surface area (Å²) in [6.07, 6.45) is 0. The molecule has 4 nitrogen and oxygen atoms in total. The molecule has 0 radical (unpaired) electrons. The van der Waals surface area contributed by atoms with Crippen LogP contribution < -0.4 is 11.1 Å². The first-order chi connectivity index (χ1) is 5.68. The molecule has 0 bridgehead atoms. The average molecular weight is 287 g/mol. The molecule has 0 fully saturated rings. The van der Waals surface area contributed by atoms with Gasteiger partial charge >= 0.3 is 5.97 Å². The largest absolute Gasteiger partial charge is 0.464 e. The fraction of sp³-hybridized carbons (Fsp3) is 0.857. The standard InChI is InChI=1S/C7H15IN2O2/c1-6(8)7(11)12-5-4-10-3-2-9/h6,10H,2-5,9H2,1H3/p+1. The van der Waals surface area contributed by atoms with E-state index in [1.807, 2.05) is 29.5 Å². The van der Waals surface area contributed by atoms with Crippen LogP contribution in [0.25, 0.3) is 0 Å². The van der Waals surface area contributed by atoms with E-state index in [4.69, 9.17) is 4.74 Å². The molecule has 4 N–H and O–H groups in total. The van der Waals surface area contributed by atoms with Gasteiger partial charge in [-0.15, -0.1) is 0 Å². The second-order valence-electron chi connectivity index (χ2n) is 2.39. The van der Waals surface area contributed by atoms with Gasteiger partial charge in [-0.1, -0.05) is 22.6 Å². The zero-order valence-corrected chi connectivity index (χ0v) is 9.46. The molecule has 0 saturated heterocycles. The summed E-state index contributed by atoms with van der Waals surface area (Å²) in [7, 11) is 0. The molecule has 0 aliphatic carbocycles. The van der Waals surface area contributed by atoms with E-state index in [0.29, 0.717) is 13.2 Å². The minimum Gasteiger partial charge on any atom is -0.464 e. The van der Waals surface area contributed by atoms with Crippen LogP contribution in [0.3, 0.4) is 0 Å². The molecule has 0 spiro atoms. The van der Waals surface area contributed by atoms with Gasteiger partial charge < -0.3 is 15.8 Å². The van der Waals surface area contributed by atoms with Gasteiger partial charge in [0.2, 0.25) is 0 Å². The number of halogens is 1. The highest BCUT2D eigenvalue weighted by atomic mass is 127. The van der Waals surface area contributed by atoms with Gasteiger partial charge in [-0.25, -0.2) is 0 Å². The molecule has 1 atom stereocenters. The summed E-state index contributed by atoms with van der Waals surface area (Å²) >= 11 is 2.03. The van der Waals surface area contributed by atoms with Gasteiger partial charge in [0.25, 0.3) is 0 Å². The van der Waals surface area contributed by atoms with Gasteiger partial charge in [0, 0.05) is 13.1 Å². The highest BCUT2D eigenvalue weighted by Gasteiger charge is 2.08. The number of carbonyl (C=O) groups is 1. The number of hydrogen-bond acceptors (Lipinski definition) is 3. The monoisotopic (exact) mass is 287 g/mol. The minimum absolute atomic E-state index is 0.0598. The molecule has 5 heteroatoms. The lowest BCUT2D eigenvalue weighted by Gasteiger charge is -2.05. The molecule has 0 aliphatic heterocycles. The van der Waals surface area contributed by atoms with Gasteiger partial charge in [-0.05, 0) is 6.92 Å². The Bertz CT molecular complexity index is 131. The number of ether oxygens (including phenoxy) is 1. The van der Waals surface area contributed by atoms with Gasteiger partial charge in [-0.3, -0.25) is 4.79 Å². The van der Waals surface area contributed by atoms with Crippen LogP contribution in [-0.4, -0.2) is 36.1 Å². The summed E-state index contributed by atoms with van der Waals surface area (Å²) in [6, 6.07) is 0. The number of alkyl halides is 1. The Balaban J connectivity index is 3.14. The Morgan fingerprint density at radius 1 is 1.67 bits per heavy atom. The summed E-state index contributed by atoms with van der Waals surface area (Å²) in [5.41, 5.74) is 3.68. The zero-order chi connectivity index (χ0) is 9.40. The lowest BCUT2D eigenvalue weighted by Crippen LogP contribution is -2.54. The first kappa shape index (κ1) is 12.1. The van der Waals surface area contributed by atoms with Gasteiger partial charge in [0.05, 0.1) is 6.54 Å². The fourth-order valence-corrected chi connectivity index (χ4v) is 0.768. The quantitative estimate of drug-likeness (QED) is 0.290. The van der Waals surface area contributed by atoms with E-state index < -0.39 is 0 Å². The third-order valence-electron chi connectivity index (χ3n) is 1.20. The molecule has 0 saturated carbocycles. The summed E-state index contributed by atoms with van der Waals surface area (Å²) in [5.74, 6) is -0.146. The second-order valence-corrected chi connectivity index (χ2v) is 4.26. The van der Waals surface area contributed by atoms with Crippen LogP contribution in [0.1, 0.15) is 6.92 Å². The third-order valence-corrected chi connectivity index (χ3v) is 1.71. The van der Waals surface area contributed by atoms with Crippen molar-refractivity contribution in [3.8, 4) is 0 Å². The van der Waals surface area contributed by atoms with Crippen LogP contribution in [-0.2, 0) is 9.53 Å². The Kier molecular flexibility index (Phi) is 7.83. The maximum atomic E-state index is 10.9. The molecule has 72 valence electrons. The van der Waals surface area contributed by atoms with Crippen LogP contribution >= 0.6 is 22.6 Å². The van der Waals surface area contributed by atoms with Crippen LogP contribution in [0.4, 0.5) is 0 Å². The first-order valence-corrected chi connectivity index (χ1v) is 5.23. The highest BCUT2D eigenvalue weighted by Crippen LogP contribution is 1.99. The van der Waals surface area contributed by atoms with Crippen molar-refractivity contribution in [2.24, 2.45) is 0 Å². The van der Waals surface area contributed by atoms with Crippen molar-refractivity contribution in [2.45, 2.75) is 10.8 Å². The molecule has 12 heavy (non-hydrogen) atoms. The molecule has 0 rings (SSSR count). The molecular formula is C7H16IN2O2+. The number of carbonyl (C=O) groups excluding carboxylic acids is 1. The van der Waals surface area contributed by atoms with E-state index >= 15 is 0 Å². The third kappa shape index (κ3) is 6.81. The number of esters is 1. The first-order valence-electron chi connectivity index (χ1n) is 3.99. The van der Waals surface area contributed by atoms with Crippen molar-refractivity contribution in [1.82, 2.24) is 5.32 Å². The van der Waals surface area contributed by atoms with E-state index in [1.54, 1.807) is 0 Å². The van der Waals surface area contributed by atoms with Crippen molar-refractivity contribution in [2.75, 3.05) is 26.2 Å². The molecule has 0 heterocycles. The smallest absolute Gasteiger partial charge is 0.318 e. The van der Waals surface area contributed by atoms with E-state index in [2.05, 4.69) is 11.1 Å². The predicted molar refractivity (Wildman–Crippen MR) is 55.1 cm³/mol. The number of hydrogen-bond donors (Lipinski definition) is 2. The SMILES string of the molecule is CC(I)C(=O)OCCNCC[NH3+]. The number of rotatable bonds is 6. The number of quaternary nitrogens is 1. The second kappa shape index (κ2) is 7.75. The van der Waals surface area contributed by atoms with Crippen molar-refractivity contribution in [3.63, 3.8) is 0 Å². The maximum absolute atomic E-state index is 10.9. The Morgan fingerprint density at radius 3 is 2.83 bits per heavy atom. The minimum atomic E-state index is -0.146. The lowest BCUT2D eigenvalue weighted by atomic mass is 10.5. The fourth-order valence-electron chi connectivity index (χ4n) is 0.589. The Morgan fingerprint density at radius 2 is 2.33 bits per heavy atom. The molecule has 0 amide bonds. The molecule has 1 unspecified atom stereocenters. The maximum Gasteiger partial charge on any atom is 0.318 e. The summed E-state index contributed by atoms with van der Waals surface area (Å²) in [5, 5.41) is 3.09. The van der Waals surface area contributed by atoms with E-state index in [-0.39, 0.29) is 9.89 Å². The molecule has 0 aromatic rings. The van der Waals surface area contributed by atoms with E-state index in [9.17, 15) is 4.79 Å². The van der Waals surface area contributed by atoms with Crippen molar-refractivity contribution in [3.05, 3.63) is 0 Å². The molecular weight excluding hydrogens is 271 g/mol. The van der Waals surface area contributed by atoms with Gasteiger partial charge in [-0.2, -0.15) is 0 Å². The number of nitrogens with one attached hydrogen (secondary N) is 1. The summed E-state index contributed by atoms with van der Waals surface area (Å²) < 4.78 is 4.86. The summed E-state index contributed by atoms with van der Waals surface area (Å²) in [4.78, 5) is 10.9. The van der Waals surface area contributed by atoms with Gasteiger partial charge in [0.15, 0.2) is 0 Å². The average Bonchev–Trinajstić information content (AvgIpc) is 2.03. The Labute approximate surface area is 86.4 Å². The molecule has 0 aliphatic rings.